The fraction of sp³-hybridized carbons (Fsp3) is 0.500. The highest BCUT2D eigenvalue weighted by Crippen LogP contribution is 2.24. The molecule has 0 aromatic carbocycles. The number of H-pyrrole nitrogens is 1. The van der Waals surface area contributed by atoms with E-state index < -0.39 is 0 Å². The van der Waals surface area contributed by atoms with Crippen LogP contribution in [-0.4, -0.2) is 38.8 Å². The molecule has 1 aliphatic rings. The van der Waals surface area contributed by atoms with Crippen LogP contribution in [0.15, 0.2) is 12.3 Å². The van der Waals surface area contributed by atoms with Gasteiger partial charge in [0.2, 0.25) is 0 Å². The summed E-state index contributed by atoms with van der Waals surface area (Å²) in [6.07, 6.45) is 4.08. The van der Waals surface area contributed by atoms with Gasteiger partial charge in [-0.15, -0.1) is 0 Å². The fourth-order valence-corrected chi connectivity index (χ4v) is 2.73. The first-order valence-electron chi connectivity index (χ1n) is 6.92. The number of pyridine rings is 1. The molecule has 2 unspecified atom stereocenters. The first-order valence-corrected chi connectivity index (χ1v) is 6.92. The van der Waals surface area contributed by atoms with Gasteiger partial charge in [0.25, 0.3) is 5.91 Å². The molecule has 2 aromatic rings. The van der Waals surface area contributed by atoms with Crippen molar-refractivity contribution in [2.24, 2.45) is 5.92 Å². The number of aryl methyl sites for hydroxylation is 1. The van der Waals surface area contributed by atoms with Crippen molar-refractivity contribution >= 4 is 16.9 Å². The smallest absolute Gasteiger partial charge is 0.252 e. The van der Waals surface area contributed by atoms with Crippen molar-refractivity contribution in [2.45, 2.75) is 32.3 Å². The van der Waals surface area contributed by atoms with E-state index >= 15 is 0 Å². The van der Waals surface area contributed by atoms with Gasteiger partial charge in [0.15, 0.2) is 5.65 Å². The Morgan fingerprint density at radius 2 is 2.40 bits per heavy atom. The maximum atomic E-state index is 12.1. The number of hydrogen-bond acceptors (Lipinski definition) is 4. The zero-order valence-electron chi connectivity index (χ0n) is 11.4. The summed E-state index contributed by atoms with van der Waals surface area (Å²) in [4.78, 5) is 16.3. The molecule has 0 aliphatic heterocycles. The standard InChI is InChI=1S/C14H18N4O2/c1-8-11-5-10(7-15-13(11)18-17-8)14(20)16-6-9-3-2-4-12(9)19/h5,7,9,12,19H,2-4,6H2,1H3,(H,16,20)(H,15,17,18). The van der Waals surface area contributed by atoms with Crippen LogP contribution in [0.5, 0.6) is 0 Å². The van der Waals surface area contributed by atoms with Gasteiger partial charge in [-0.05, 0) is 25.8 Å². The van der Waals surface area contributed by atoms with E-state index in [0.717, 1.165) is 30.3 Å². The summed E-state index contributed by atoms with van der Waals surface area (Å²) < 4.78 is 0. The Morgan fingerprint density at radius 3 is 3.15 bits per heavy atom. The van der Waals surface area contributed by atoms with Crippen molar-refractivity contribution in [1.29, 1.82) is 0 Å². The molecular formula is C14H18N4O2. The predicted molar refractivity (Wildman–Crippen MR) is 74.3 cm³/mol. The number of amides is 1. The van der Waals surface area contributed by atoms with E-state index in [2.05, 4.69) is 20.5 Å². The minimum absolute atomic E-state index is 0.154. The number of aliphatic hydroxyl groups excluding tert-OH is 1. The molecule has 1 fully saturated rings. The number of hydrogen-bond donors (Lipinski definition) is 3. The van der Waals surface area contributed by atoms with Crippen LogP contribution in [-0.2, 0) is 0 Å². The largest absolute Gasteiger partial charge is 0.393 e. The highest BCUT2D eigenvalue weighted by Gasteiger charge is 2.25. The molecule has 3 N–H and O–H groups in total. The highest BCUT2D eigenvalue weighted by atomic mass is 16.3. The quantitative estimate of drug-likeness (QED) is 0.783. The molecule has 0 saturated heterocycles. The predicted octanol–water partition coefficient (Wildman–Crippen LogP) is 1.16. The Labute approximate surface area is 116 Å². The van der Waals surface area contributed by atoms with Crippen molar-refractivity contribution in [3.63, 3.8) is 0 Å². The molecular weight excluding hydrogens is 256 g/mol. The molecule has 1 aliphatic carbocycles. The Kier molecular flexibility index (Phi) is 3.40. The maximum absolute atomic E-state index is 12.1. The van der Waals surface area contributed by atoms with Crippen LogP contribution in [0.4, 0.5) is 0 Å². The van der Waals surface area contributed by atoms with E-state index in [-0.39, 0.29) is 17.9 Å². The van der Waals surface area contributed by atoms with Crippen molar-refractivity contribution in [3.05, 3.63) is 23.5 Å². The molecule has 106 valence electrons. The van der Waals surface area contributed by atoms with Crippen molar-refractivity contribution in [3.8, 4) is 0 Å². The van der Waals surface area contributed by atoms with Crippen LogP contribution < -0.4 is 5.32 Å². The topological polar surface area (TPSA) is 90.9 Å². The summed E-state index contributed by atoms with van der Waals surface area (Å²) in [5.41, 5.74) is 2.04. The van der Waals surface area contributed by atoms with Crippen LogP contribution in [0.3, 0.4) is 0 Å². The molecule has 6 heteroatoms. The summed E-state index contributed by atoms with van der Waals surface area (Å²) in [5.74, 6) is 0.0189. The fourth-order valence-electron chi connectivity index (χ4n) is 2.73. The van der Waals surface area contributed by atoms with Gasteiger partial charge in [0.1, 0.15) is 0 Å². The van der Waals surface area contributed by atoms with Crippen LogP contribution in [0.1, 0.15) is 35.3 Å². The van der Waals surface area contributed by atoms with Crippen LogP contribution in [0.25, 0.3) is 11.0 Å². The second-order valence-electron chi connectivity index (χ2n) is 5.41. The van der Waals surface area contributed by atoms with Crippen LogP contribution in [0.2, 0.25) is 0 Å². The second-order valence-corrected chi connectivity index (χ2v) is 5.41. The van der Waals surface area contributed by atoms with Crippen molar-refractivity contribution in [2.75, 3.05) is 6.54 Å². The molecule has 0 spiro atoms. The minimum Gasteiger partial charge on any atom is -0.393 e. The monoisotopic (exact) mass is 274 g/mol. The van der Waals surface area contributed by atoms with Gasteiger partial charge in [-0.2, -0.15) is 5.10 Å². The summed E-state index contributed by atoms with van der Waals surface area (Å²) in [6, 6.07) is 1.79. The van der Waals surface area contributed by atoms with Gasteiger partial charge < -0.3 is 10.4 Å². The third-order valence-electron chi connectivity index (χ3n) is 4.01. The summed E-state index contributed by atoms with van der Waals surface area (Å²) in [5, 5.41) is 20.4. The SMILES string of the molecule is Cc1[nH]nc2ncc(C(=O)NCC3CCCC3O)cc12. The summed E-state index contributed by atoms with van der Waals surface area (Å²) in [6.45, 7) is 2.41. The molecule has 6 nitrogen and oxygen atoms in total. The number of fused-ring (bicyclic) bond motifs is 1. The molecule has 1 saturated carbocycles. The Morgan fingerprint density at radius 1 is 1.55 bits per heavy atom. The molecule has 2 atom stereocenters. The van der Waals surface area contributed by atoms with Gasteiger partial charge >= 0.3 is 0 Å². The molecule has 3 rings (SSSR count). The van der Waals surface area contributed by atoms with Gasteiger partial charge in [-0.1, -0.05) is 6.42 Å². The lowest BCUT2D eigenvalue weighted by atomic mass is 10.1. The average molecular weight is 274 g/mol. The van der Waals surface area contributed by atoms with Crippen molar-refractivity contribution < 1.29 is 9.90 Å². The first kappa shape index (κ1) is 13.1. The first-order chi connectivity index (χ1) is 9.65. The normalized spacial score (nSPS) is 22.3. The number of aromatic nitrogens is 3. The number of nitrogens with one attached hydrogen (secondary N) is 2. The number of rotatable bonds is 3. The van der Waals surface area contributed by atoms with Crippen LogP contribution in [0, 0.1) is 12.8 Å². The average Bonchev–Trinajstić information content (AvgIpc) is 3.03. The number of carbonyl (C=O) groups is 1. The number of aromatic amines is 1. The van der Waals surface area contributed by atoms with Crippen molar-refractivity contribution in [1.82, 2.24) is 20.5 Å². The zero-order valence-corrected chi connectivity index (χ0v) is 11.4. The van der Waals surface area contributed by atoms with E-state index in [9.17, 15) is 9.90 Å². The van der Waals surface area contributed by atoms with Gasteiger partial charge in [0.05, 0.1) is 11.7 Å². The molecule has 2 heterocycles. The Balaban J connectivity index is 1.70. The lowest BCUT2D eigenvalue weighted by Gasteiger charge is -2.14. The lowest BCUT2D eigenvalue weighted by molar-refractivity contribution is 0.0916. The van der Waals surface area contributed by atoms with Gasteiger partial charge in [-0.3, -0.25) is 9.89 Å². The summed E-state index contributed by atoms with van der Waals surface area (Å²) in [7, 11) is 0. The minimum atomic E-state index is -0.285. The summed E-state index contributed by atoms with van der Waals surface area (Å²) >= 11 is 0. The molecule has 0 bridgehead atoms. The number of aliphatic hydroxyl groups is 1. The lowest BCUT2D eigenvalue weighted by Crippen LogP contribution is -2.32. The highest BCUT2D eigenvalue weighted by molar-refractivity contribution is 5.97. The maximum Gasteiger partial charge on any atom is 0.252 e. The molecule has 20 heavy (non-hydrogen) atoms. The van der Waals surface area contributed by atoms with E-state index in [1.165, 1.54) is 6.20 Å². The molecule has 0 radical (unpaired) electrons. The van der Waals surface area contributed by atoms with E-state index in [0.29, 0.717) is 17.8 Å². The third-order valence-corrected chi connectivity index (χ3v) is 4.01. The van der Waals surface area contributed by atoms with E-state index in [1.54, 1.807) is 6.07 Å². The van der Waals surface area contributed by atoms with E-state index in [1.807, 2.05) is 6.92 Å². The second kappa shape index (κ2) is 5.20. The van der Waals surface area contributed by atoms with Gasteiger partial charge in [-0.25, -0.2) is 4.98 Å². The molecule has 2 aromatic heterocycles. The number of nitrogens with zero attached hydrogens (tertiary/aromatic N) is 2. The van der Waals surface area contributed by atoms with Gasteiger partial charge in [0, 0.05) is 29.7 Å². The Bertz CT molecular complexity index is 637. The molecule has 1 amide bonds. The third kappa shape index (κ3) is 2.38. The Hall–Kier alpha value is -1.95. The zero-order chi connectivity index (χ0) is 14.1. The van der Waals surface area contributed by atoms with E-state index in [4.69, 9.17) is 0 Å². The number of carbonyl (C=O) groups excluding carboxylic acids is 1. The van der Waals surface area contributed by atoms with Crippen LogP contribution >= 0.6 is 0 Å².